The van der Waals surface area contributed by atoms with Crippen LogP contribution in [0.3, 0.4) is 0 Å². The van der Waals surface area contributed by atoms with Crippen molar-refractivity contribution >= 4 is 0 Å². The lowest BCUT2D eigenvalue weighted by molar-refractivity contribution is 0.524. The Kier molecular flexibility index (Phi) is 4.74. The van der Waals surface area contributed by atoms with Gasteiger partial charge in [0.25, 0.3) is 0 Å². The number of aromatic nitrogens is 2. The van der Waals surface area contributed by atoms with Crippen molar-refractivity contribution in [2.45, 2.75) is 32.2 Å². The van der Waals surface area contributed by atoms with E-state index >= 15 is 0 Å². The molecule has 0 amide bonds. The Hall–Kier alpha value is -1.61. The van der Waals surface area contributed by atoms with Crippen molar-refractivity contribution < 1.29 is 0 Å². The van der Waals surface area contributed by atoms with E-state index in [2.05, 4.69) is 47.7 Å². The van der Waals surface area contributed by atoms with Crippen LogP contribution in [0.1, 0.15) is 35.7 Å². The lowest BCUT2D eigenvalue weighted by Gasteiger charge is -2.16. The number of nitrogens with one attached hydrogen (secondary N) is 1. The highest BCUT2D eigenvalue weighted by Gasteiger charge is 2.14. The molecule has 0 spiro atoms. The van der Waals surface area contributed by atoms with Gasteiger partial charge in [-0.3, -0.25) is 4.68 Å². The summed E-state index contributed by atoms with van der Waals surface area (Å²) in [4.78, 5) is 0. The van der Waals surface area contributed by atoms with Gasteiger partial charge < -0.3 is 5.32 Å². The minimum atomic E-state index is 0.400. The second-order valence-corrected chi connectivity index (χ2v) is 5.03. The van der Waals surface area contributed by atoms with Gasteiger partial charge in [0, 0.05) is 24.3 Å². The van der Waals surface area contributed by atoms with E-state index in [1.54, 1.807) is 0 Å². The van der Waals surface area contributed by atoms with Gasteiger partial charge in [-0.25, -0.2) is 0 Å². The summed E-state index contributed by atoms with van der Waals surface area (Å²) in [6.45, 7) is 2.13. The maximum Gasteiger partial charge on any atom is 0.0540 e. The summed E-state index contributed by atoms with van der Waals surface area (Å²) in [6.07, 6.45) is 5.44. The molecule has 0 aliphatic carbocycles. The molecule has 0 aliphatic rings. The molecule has 1 unspecified atom stereocenters. The monoisotopic (exact) mass is 257 g/mol. The highest BCUT2D eigenvalue weighted by Crippen LogP contribution is 2.22. The van der Waals surface area contributed by atoms with Crippen LogP contribution in [0, 0.1) is 6.92 Å². The Morgan fingerprint density at radius 2 is 2.00 bits per heavy atom. The van der Waals surface area contributed by atoms with Crippen molar-refractivity contribution in [1.29, 1.82) is 0 Å². The largest absolute Gasteiger partial charge is 0.313 e. The molecule has 19 heavy (non-hydrogen) atoms. The maximum absolute atomic E-state index is 4.33. The van der Waals surface area contributed by atoms with Crippen LogP contribution in [-0.2, 0) is 13.5 Å². The van der Waals surface area contributed by atoms with E-state index in [1.165, 1.54) is 23.2 Å². The SMILES string of the molecule is CNC(CCCc1ccccc1)c1cnn(C)c1C. The molecule has 1 heterocycles. The minimum Gasteiger partial charge on any atom is -0.313 e. The molecule has 1 N–H and O–H groups in total. The zero-order chi connectivity index (χ0) is 13.7. The number of hydrogen-bond acceptors (Lipinski definition) is 2. The van der Waals surface area contributed by atoms with E-state index in [4.69, 9.17) is 0 Å². The molecule has 102 valence electrons. The second kappa shape index (κ2) is 6.53. The summed E-state index contributed by atoms with van der Waals surface area (Å²) in [6, 6.07) is 11.1. The van der Waals surface area contributed by atoms with Crippen LogP contribution < -0.4 is 5.32 Å². The van der Waals surface area contributed by atoms with E-state index in [0.29, 0.717) is 6.04 Å². The third kappa shape index (κ3) is 3.44. The molecular formula is C16H23N3. The lowest BCUT2D eigenvalue weighted by atomic mass is 10.00. The van der Waals surface area contributed by atoms with Crippen LogP contribution in [0.4, 0.5) is 0 Å². The van der Waals surface area contributed by atoms with Crippen molar-refractivity contribution in [2.24, 2.45) is 7.05 Å². The molecule has 2 aromatic rings. The van der Waals surface area contributed by atoms with Gasteiger partial charge in [-0.1, -0.05) is 30.3 Å². The molecule has 0 radical (unpaired) electrons. The molecule has 1 aromatic carbocycles. The van der Waals surface area contributed by atoms with Gasteiger partial charge in [0.2, 0.25) is 0 Å². The Labute approximate surface area is 115 Å². The minimum absolute atomic E-state index is 0.400. The molecule has 2 rings (SSSR count). The van der Waals surface area contributed by atoms with E-state index in [9.17, 15) is 0 Å². The van der Waals surface area contributed by atoms with Gasteiger partial charge in [-0.05, 0) is 38.8 Å². The first kappa shape index (κ1) is 13.8. The van der Waals surface area contributed by atoms with Gasteiger partial charge in [0.05, 0.1) is 6.20 Å². The Bertz CT molecular complexity index is 502. The van der Waals surface area contributed by atoms with Crippen LogP contribution in [0.25, 0.3) is 0 Å². The van der Waals surface area contributed by atoms with Crippen LogP contribution >= 0.6 is 0 Å². The van der Waals surface area contributed by atoms with Crippen molar-refractivity contribution in [3.05, 3.63) is 53.3 Å². The third-order valence-electron chi connectivity index (χ3n) is 3.80. The van der Waals surface area contributed by atoms with Crippen molar-refractivity contribution in [2.75, 3.05) is 7.05 Å². The summed E-state index contributed by atoms with van der Waals surface area (Å²) >= 11 is 0. The van der Waals surface area contributed by atoms with Gasteiger partial charge in [0.15, 0.2) is 0 Å². The average molecular weight is 257 g/mol. The predicted molar refractivity (Wildman–Crippen MR) is 79.1 cm³/mol. The molecule has 1 aromatic heterocycles. The van der Waals surface area contributed by atoms with E-state index in [-0.39, 0.29) is 0 Å². The van der Waals surface area contributed by atoms with Crippen LogP contribution in [0.5, 0.6) is 0 Å². The Morgan fingerprint density at radius 1 is 1.26 bits per heavy atom. The fourth-order valence-corrected chi connectivity index (χ4v) is 2.47. The molecule has 0 saturated carbocycles. The summed E-state index contributed by atoms with van der Waals surface area (Å²) in [7, 11) is 4.02. The number of rotatable bonds is 6. The summed E-state index contributed by atoms with van der Waals surface area (Å²) in [5.41, 5.74) is 3.98. The average Bonchev–Trinajstić information content (AvgIpc) is 2.77. The lowest BCUT2D eigenvalue weighted by Crippen LogP contribution is -2.17. The van der Waals surface area contributed by atoms with Gasteiger partial charge >= 0.3 is 0 Å². The summed E-state index contributed by atoms with van der Waals surface area (Å²) in [5.74, 6) is 0. The van der Waals surface area contributed by atoms with Crippen molar-refractivity contribution in [3.63, 3.8) is 0 Å². The van der Waals surface area contributed by atoms with Gasteiger partial charge in [-0.2, -0.15) is 5.10 Å². The number of hydrogen-bond donors (Lipinski definition) is 1. The van der Waals surface area contributed by atoms with Crippen molar-refractivity contribution in [1.82, 2.24) is 15.1 Å². The first-order valence-electron chi connectivity index (χ1n) is 6.92. The fraction of sp³-hybridized carbons (Fsp3) is 0.438. The topological polar surface area (TPSA) is 29.9 Å². The molecule has 3 nitrogen and oxygen atoms in total. The molecule has 3 heteroatoms. The molecule has 0 aliphatic heterocycles. The highest BCUT2D eigenvalue weighted by molar-refractivity contribution is 5.20. The van der Waals surface area contributed by atoms with E-state index in [0.717, 1.165) is 12.8 Å². The smallest absolute Gasteiger partial charge is 0.0540 e. The summed E-state index contributed by atoms with van der Waals surface area (Å²) < 4.78 is 1.94. The number of nitrogens with zero attached hydrogens (tertiary/aromatic N) is 2. The standard InChI is InChI=1S/C16H23N3/c1-13-15(12-18-19(13)3)16(17-2)11-7-10-14-8-5-4-6-9-14/h4-6,8-9,12,16-17H,7,10-11H2,1-3H3. The Morgan fingerprint density at radius 3 is 2.58 bits per heavy atom. The maximum atomic E-state index is 4.33. The molecular weight excluding hydrogens is 234 g/mol. The summed E-state index contributed by atoms with van der Waals surface area (Å²) in [5, 5.41) is 7.73. The van der Waals surface area contributed by atoms with Crippen molar-refractivity contribution in [3.8, 4) is 0 Å². The molecule has 0 bridgehead atoms. The fourth-order valence-electron chi connectivity index (χ4n) is 2.47. The predicted octanol–water partition coefficient (Wildman–Crippen LogP) is 3.01. The number of benzene rings is 1. The highest BCUT2D eigenvalue weighted by atomic mass is 15.3. The third-order valence-corrected chi connectivity index (χ3v) is 3.80. The second-order valence-electron chi connectivity index (χ2n) is 5.03. The normalized spacial score (nSPS) is 12.6. The van der Waals surface area contributed by atoms with Crippen LogP contribution in [0.15, 0.2) is 36.5 Å². The van der Waals surface area contributed by atoms with Crippen LogP contribution in [0.2, 0.25) is 0 Å². The van der Waals surface area contributed by atoms with E-state index < -0.39 is 0 Å². The molecule has 0 saturated heterocycles. The zero-order valence-corrected chi connectivity index (χ0v) is 12.1. The first-order chi connectivity index (χ1) is 9.22. The van der Waals surface area contributed by atoms with Crippen LogP contribution in [-0.4, -0.2) is 16.8 Å². The quantitative estimate of drug-likeness (QED) is 0.862. The Balaban J connectivity index is 1.91. The van der Waals surface area contributed by atoms with Gasteiger partial charge in [0.1, 0.15) is 0 Å². The van der Waals surface area contributed by atoms with E-state index in [1.807, 2.05) is 25.0 Å². The molecule has 0 fully saturated rings. The van der Waals surface area contributed by atoms with Gasteiger partial charge in [-0.15, -0.1) is 0 Å². The number of aryl methyl sites for hydroxylation is 2. The molecule has 1 atom stereocenters. The first-order valence-corrected chi connectivity index (χ1v) is 6.92. The zero-order valence-electron chi connectivity index (χ0n) is 12.1.